The lowest BCUT2D eigenvalue weighted by Gasteiger charge is -2.24. The van der Waals surface area contributed by atoms with Crippen LogP contribution in [-0.2, 0) is 4.79 Å². The Hall–Kier alpha value is 0.820. The quantitative estimate of drug-likeness (QED) is 0.313. The standard InChI is InChI=1S/C10H20IN3OS2/c11-13-9(3-1-2-4-12)10(15)14-5-7-16-17-8-6-14/h9,13H,1-8,12H2/t9-/m0/s1. The summed E-state index contributed by atoms with van der Waals surface area (Å²) < 4.78 is 3.10. The average Bonchev–Trinajstić information content (AvgIpc) is 2.63. The van der Waals surface area contributed by atoms with E-state index in [0.29, 0.717) is 6.54 Å². The topological polar surface area (TPSA) is 58.4 Å². The minimum absolute atomic E-state index is 0.0461. The molecule has 7 heteroatoms. The fraction of sp³-hybridized carbons (Fsp3) is 0.900. The predicted molar refractivity (Wildman–Crippen MR) is 85.3 cm³/mol. The van der Waals surface area contributed by atoms with Gasteiger partial charge in [-0.15, -0.1) is 0 Å². The number of halogens is 1. The van der Waals surface area contributed by atoms with Crippen LogP contribution in [0.1, 0.15) is 19.3 Å². The van der Waals surface area contributed by atoms with E-state index in [9.17, 15) is 4.79 Å². The van der Waals surface area contributed by atoms with Crippen molar-refractivity contribution >= 4 is 50.4 Å². The van der Waals surface area contributed by atoms with Crippen molar-refractivity contribution in [1.82, 2.24) is 8.43 Å². The van der Waals surface area contributed by atoms with Gasteiger partial charge in [-0.1, -0.05) is 28.0 Å². The van der Waals surface area contributed by atoms with Crippen molar-refractivity contribution in [3.05, 3.63) is 0 Å². The Balaban J connectivity index is 2.40. The molecule has 0 aromatic carbocycles. The Morgan fingerprint density at radius 1 is 1.35 bits per heavy atom. The molecule has 3 N–H and O–H groups in total. The van der Waals surface area contributed by atoms with E-state index >= 15 is 0 Å². The van der Waals surface area contributed by atoms with Crippen molar-refractivity contribution in [1.29, 1.82) is 0 Å². The second-order valence-electron chi connectivity index (χ2n) is 3.92. The summed E-state index contributed by atoms with van der Waals surface area (Å²) in [4.78, 5) is 14.3. The van der Waals surface area contributed by atoms with Crippen LogP contribution in [0.3, 0.4) is 0 Å². The van der Waals surface area contributed by atoms with E-state index < -0.39 is 0 Å². The minimum Gasteiger partial charge on any atom is -0.340 e. The van der Waals surface area contributed by atoms with Gasteiger partial charge in [0.2, 0.25) is 5.91 Å². The lowest BCUT2D eigenvalue weighted by Crippen LogP contribution is -2.45. The number of hydrogen-bond donors (Lipinski definition) is 2. The summed E-state index contributed by atoms with van der Waals surface area (Å²) in [7, 11) is 3.72. The Morgan fingerprint density at radius 2 is 2.00 bits per heavy atom. The smallest absolute Gasteiger partial charge is 0.240 e. The van der Waals surface area contributed by atoms with Crippen LogP contribution in [-0.4, -0.2) is 48.0 Å². The van der Waals surface area contributed by atoms with Crippen LogP contribution < -0.4 is 9.26 Å². The second kappa shape index (κ2) is 9.71. The maximum atomic E-state index is 12.3. The highest BCUT2D eigenvalue weighted by Crippen LogP contribution is 2.24. The van der Waals surface area contributed by atoms with Crippen molar-refractivity contribution in [2.45, 2.75) is 25.3 Å². The third-order valence-electron chi connectivity index (χ3n) is 2.66. The van der Waals surface area contributed by atoms with Crippen LogP contribution in [0.2, 0.25) is 0 Å². The molecule has 0 aliphatic carbocycles. The largest absolute Gasteiger partial charge is 0.340 e. The summed E-state index contributed by atoms with van der Waals surface area (Å²) >= 11 is 2.08. The molecule has 0 bridgehead atoms. The number of hydrogen-bond acceptors (Lipinski definition) is 5. The Bertz CT molecular complexity index is 226. The number of nitrogens with two attached hydrogens (primary N) is 1. The third kappa shape index (κ3) is 6.00. The van der Waals surface area contributed by atoms with Gasteiger partial charge in [-0.2, -0.15) is 0 Å². The van der Waals surface area contributed by atoms with E-state index in [4.69, 9.17) is 5.73 Å². The highest BCUT2D eigenvalue weighted by molar-refractivity contribution is 14.1. The van der Waals surface area contributed by atoms with Crippen LogP contribution in [0, 0.1) is 0 Å². The molecule has 1 aliphatic heterocycles. The van der Waals surface area contributed by atoms with E-state index in [1.807, 2.05) is 26.5 Å². The van der Waals surface area contributed by atoms with Crippen molar-refractivity contribution in [3.8, 4) is 0 Å². The summed E-state index contributed by atoms with van der Waals surface area (Å²) in [6, 6.07) is -0.0461. The molecule has 1 aliphatic rings. The lowest BCUT2D eigenvalue weighted by atomic mass is 10.1. The van der Waals surface area contributed by atoms with E-state index in [1.165, 1.54) is 0 Å². The van der Waals surface area contributed by atoms with Gasteiger partial charge >= 0.3 is 0 Å². The SMILES string of the molecule is NCCCC[C@H](NI)C(=O)N1CCSSCC1. The van der Waals surface area contributed by atoms with E-state index in [0.717, 1.165) is 43.9 Å². The number of unbranched alkanes of at least 4 members (excludes halogenated alkanes) is 1. The number of nitrogens with zero attached hydrogens (tertiary/aromatic N) is 1. The van der Waals surface area contributed by atoms with Gasteiger partial charge in [0.15, 0.2) is 0 Å². The van der Waals surface area contributed by atoms with Crippen LogP contribution >= 0.6 is 44.5 Å². The van der Waals surface area contributed by atoms with Crippen molar-refractivity contribution < 1.29 is 4.79 Å². The molecule has 0 radical (unpaired) electrons. The highest BCUT2D eigenvalue weighted by atomic mass is 127. The summed E-state index contributed by atoms with van der Waals surface area (Å²) in [5, 5.41) is 0. The average molecular weight is 389 g/mol. The maximum Gasteiger partial charge on any atom is 0.240 e. The number of amides is 1. The molecule has 1 fully saturated rings. The fourth-order valence-corrected chi connectivity index (χ4v) is 4.24. The molecule has 4 nitrogen and oxygen atoms in total. The maximum absolute atomic E-state index is 12.3. The normalized spacial score (nSPS) is 18.8. The highest BCUT2D eigenvalue weighted by Gasteiger charge is 2.23. The van der Waals surface area contributed by atoms with E-state index in [1.54, 1.807) is 0 Å². The lowest BCUT2D eigenvalue weighted by molar-refractivity contribution is -0.132. The molecule has 1 rings (SSSR count). The zero-order valence-corrected chi connectivity index (χ0v) is 13.7. The molecular formula is C10H20IN3OS2. The zero-order valence-electron chi connectivity index (χ0n) is 9.86. The van der Waals surface area contributed by atoms with Gasteiger partial charge in [-0.05, 0) is 19.4 Å². The van der Waals surface area contributed by atoms with Gasteiger partial charge in [-0.3, -0.25) is 4.79 Å². The molecule has 1 saturated heterocycles. The van der Waals surface area contributed by atoms with Gasteiger partial charge < -0.3 is 10.6 Å². The number of rotatable bonds is 6. The third-order valence-corrected chi connectivity index (χ3v) is 5.78. The summed E-state index contributed by atoms with van der Waals surface area (Å²) in [6.07, 6.45) is 2.89. The van der Waals surface area contributed by atoms with Crippen LogP contribution in [0.5, 0.6) is 0 Å². The molecule has 0 saturated carbocycles. The molecule has 1 amide bonds. The van der Waals surface area contributed by atoms with Gasteiger partial charge in [0.1, 0.15) is 0 Å². The van der Waals surface area contributed by atoms with Gasteiger partial charge in [0.25, 0.3) is 0 Å². The van der Waals surface area contributed by atoms with Crippen LogP contribution in [0.25, 0.3) is 0 Å². The molecule has 1 heterocycles. The van der Waals surface area contributed by atoms with Crippen molar-refractivity contribution in [2.24, 2.45) is 5.73 Å². The van der Waals surface area contributed by atoms with Gasteiger partial charge in [-0.25, -0.2) is 3.53 Å². The van der Waals surface area contributed by atoms with E-state index in [-0.39, 0.29) is 11.9 Å². The van der Waals surface area contributed by atoms with Gasteiger partial charge in [0.05, 0.1) is 6.04 Å². The predicted octanol–water partition coefficient (Wildman–Crippen LogP) is 1.65. The van der Waals surface area contributed by atoms with Gasteiger partial charge in [0, 0.05) is 47.5 Å². The van der Waals surface area contributed by atoms with Crippen LogP contribution in [0.4, 0.5) is 0 Å². The fourth-order valence-electron chi connectivity index (χ4n) is 1.68. The second-order valence-corrected chi connectivity index (χ2v) is 7.24. The summed E-state index contributed by atoms with van der Waals surface area (Å²) in [6.45, 7) is 2.46. The summed E-state index contributed by atoms with van der Waals surface area (Å²) in [5.74, 6) is 2.32. The molecular weight excluding hydrogens is 369 g/mol. The molecule has 0 spiro atoms. The molecule has 17 heavy (non-hydrogen) atoms. The molecule has 100 valence electrons. The van der Waals surface area contributed by atoms with Crippen molar-refractivity contribution in [2.75, 3.05) is 31.1 Å². The first-order valence-corrected chi connectivity index (χ1v) is 9.45. The molecule has 0 aromatic rings. The molecule has 0 aromatic heterocycles. The zero-order chi connectivity index (χ0) is 12.5. The number of carbonyl (C=O) groups excluding carboxylic acids is 1. The Kier molecular flexibility index (Phi) is 9.07. The first kappa shape index (κ1) is 15.9. The Morgan fingerprint density at radius 3 is 2.53 bits per heavy atom. The number of nitrogens with one attached hydrogen (secondary N) is 1. The minimum atomic E-state index is -0.0461. The molecule has 0 unspecified atom stereocenters. The first-order valence-electron chi connectivity index (χ1n) is 5.89. The molecule has 1 atom stereocenters. The summed E-state index contributed by atoms with van der Waals surface area (Å²) in [5.41, 5.74) is 5.47. The van der Waals surface area contributed by atoms with Crippen molar-refractivity contribution in [3.63, 3.8) is 0 Å². The Labute approximate surface area is 125 Å². The number of carbonyl (C=O) groups is 1. The first-order chi connectivity index (χ1) is 8.29. The van der Waals surface area contributed by atoms with E-state index in [2.05, 4.69) is 26.4 Å². The monoisotopic (exact) mass is 389 g/mol. The van der Waals surface area contributed by atoms with Crippen LogP contribution in [0.15, 0.2) is 0 Å².